The van der Waals surface area contributed by atoms with E-state index in [9.17, 15) is 40.9 Å². The minimum absolute atomic E-state index is 0.304. The molecule has 0 saturated heterocycles. The van der Waals surface area contributed by atoms with E-state index in [0.717, 1.165) is 24.3 Å². The van der Waals surface area contributed by atoms with Crippen molar-refractivity contribution in [3.63, 3.8) is 0 Å². The molecule has 1 aliphatic rings. The third-order valence-electron chi connectivity index (χ3n) is 4.25. The summed E-state index contributed by atoms with van der Waals surface area (Å²) in [6, 6.07) is 4.48. The first-order chi connectivity index (χ1) is 14.2. The lowest BCUT2D eigenvalue weighted by molar-refractivity contribution is -0.139. The van der Waals surface area contributed by atoms with Gasteiger partial charge in [-0.05, 0) is 36.4 Å². The van der Waals surface area contributed by atoms with Gasteiger partial charge in [-0.25, -0.2) is 9.38 Å². The molecule has 1 atom stereocenters. The number of nitrogens with zero attached hydrogens (tertiary/aromatic N) is 1. The Bertz CT molecular complexity index is 1080. The van der Waals surface area contributed by atoms with Crippen LogP contribution in [0.2, 0.25) is 0 Å². The van der Waals surface area contributed by atoms with E-state index in [1.165, 1.54) is 0 Å². The van der Waals surface area contributed by atoms with Crippen LogP contribution in [-0.2, 0) is 18.1 Å². The second-order valence-corrected chi connectivity index (χ2v) is 6.46. The molecule has 6 N–H and O–H groups in total. The highest BCUT2D eigenvalue weighted by Crippen LogP contribution is 2.39. The van der Waals surface area contributed by atoms with E-state index in [4.69, 9.17) is 5.73 Å². The number of anilines is 1. The monoisotopic (exact) mass is 450 g/mol. The highest BCUT2D eigenvalue weighted by Gasteiger charge is 2.38. The maximum Gasteiger partial charge on any atom is 0.420 e. The van der Waals surface area contributed by atoms with E-state index in [1.807, 2.05) is 0 Å². The summed E-state index contributed by atoms with van der Waals surface area (Å²) in [5, 5.41) is 23.4. The Kier molecular flexibility index (Phi) is 5.26. The third-order valence-corrected chi connectivity index (χ3v) is 4.25. The van der Waals surface area contributed by atoms with Crippen molar-refractivity contribution in [2.75, 3.05) is 5.32 Å². The molecule has 2 aromatic rings. The van der Waals surface area contributed by atoms with Crippen molar-refractivity contribution in [1.29, 1.82) is 0 Å². The first kappa shape index (κ1) is 22.2. The molecule has 166 valence electrons. The average Bonchev–Trinajstić information content (AvgIpc) is 2.65. The SMILES string of the molecule is NC1(c2ccc(O)c(C(F)(F)F)c2)N=CC(F)=C(Nc2ccc(O)c(C(F)(F)F)c2)N1. The minimum Gasteiger partial charge on any atom is -0.507 e. The number of hydrogen-bond donors (Lipinski definition) is 5. The van der Waals surface area contributed by atoms with Gasteiger partial charge in [-0.15, -0.1) is 0 Å². The molecule has 1 aliphatic heterocycles. The summed E-state index contributed by atoms with van der Waals surface area (Å²) in [7, 11) is 0. The number of phenols is 2. The van der Waals surface area contributed by atoms with Gasteiger partial charge in [0.25, 0.3) is 0 Å². The lowest BCUT2D eigenvalue weighted by atomic mass is 10.0. The molecule has 1 unspecified atom stereocenters. The van der Waals surface area contributed by atoms with Crippen LogP contribution in [0.3, 0.4) is 0 Å². The number of benzene rings is 2. The van der Waals surface area contributed by atoms with E-state index in [-0.39, 0.29) is 11.3 Å². The van der Waals surface area contributed by atoms with Gasteiger partial charge in [0.2, 0.25) is 5.79 Å². The topological polar surface area (TPSA) is 103 Å². The molecule has 0 bridgehead atoms. The summed E-state index contributed by atoms with van der Waals surface area (Å²) in [5.74, 6) is -5.95. The van der Waals surface area contributed by atoms with Gasteiger partial charge >= 0.3 is 12.4 Å². The molecule has 0 fully saturated rings. The van der Waals surface area contributed by atoms with Crippen LogP contribution < -0.4 is 16.4 Å². The number of halogens is 7. The van der Waals surface area contributed by atoms with E-state index in [0.29, 0.717) is 18.3 Å². The van der Waals surface area contributed by atoms with Crippen LogP contribution in [0, 0.1) is 0 Å². The summed E-state index contributed by atoms with van der Waals surface area (Å²) in [6.45, 7) is 0. The van der Waals surface area contributed by atoms with Crippen molar-refractivity contribution in [2.45, 2.75) is 18.1 Å². The molecular weight excluding hydrogens is 437 g/mol. The number of allylic oxidation sites excluding steroid dienone is 1. The summed E-state index contributed by atoms with van der Waals surface area (Å²) in [6.07, 6.45) is -9.24. The number of aliphatic imine (C=N–C) groups is 1. The summed E-state index contributed by atoms with van der Waals surface area (Å²) in [4.78, 5) is 3.63. The summed E-state index contributed by atoms with van der Waals surface area (Å²) in [5.41, 5.74) is 2.53. The van der Waals surface area contributed by atoms with Gasteiger partial charge in [0.05, 0.1) is 17.3 Å². The Labute approximate surface area is 169 Å². The predicted molar refractivity (Wildman–Crippen MR) is 95.5 cm³/mol. The minimum atomic E-state index is -4.92. The number of nitrogens with one attached hydrogen (secondary N) is 2. The molecule has 0 aromatic heterocycles. The fourth-order valence-corrected chi connectivity index (χ4v) is 2.73. The third kappa shape index (κ3) is 4.50. The van der Waals surface area contributed by atoms with Crippen LogP contribution in [0.1, 0.15) is 16.7 Å². The smallest absolute Gasteiger partial charge is 0.420 e. The Morgan fingerprint density at radius 2 is 1.45 bits per heavy atom. The molecular formula is C18H13F7N4O2. The first-order valence-corrected chi connectivity index (χ1v) is 8.31. The number of rotatable bonds is 3. The molecule has 6 nitrogen and oxygen atoms in total. The zero-order chi connectivity index (χ0) is 23.2. The lowest BCUT2D eigenvalue weighted by Crippen LogP contribution is -2.51. The largest absolute Gasteiger partial charge is 0.507 e. The van der Waals surface area contributed by atoms with Crippen LogP contribution in [0.15, 0.2) is 53.0 Å². The summed E-state index contributed by atoms with van der Waals surface area (Å²) >= 11 is 0. The maximum atomic E-state index is 14.2. The van der Waals surface area contributed by atoms with E-state index in [1.54, 1.807) is 0 Å². The highest BCUT2D eigenvalue weighted by molar-refractivity contribution is 5.79. The van der Waals surface area contributed by atoms with Crippen LogP contribution in [0.25, 0.3) is 0 Å². The Morgan fingerprint density at radius 1 is 0.903 bits per heavy atom. The molecule has 0 aliphatic carbocycles. The molecule has 13 heteroatoms. The zero-order valence-corrected chi connectivity index (χ0v) is 15.1. The van der Waals surface area contributed by atoms with E-state index in [2.05, 4.69) is 15.6 Å². The van der Waals surface area contributed by atoms with Gasteiger partial charge in [-0.1, -0.05) is 0 Å². The molecule has 31 heavy (non-hydrogen) atoms. The zero-order valence-electron chi connectivity index (χ0n) is 15.1. The van der Waals surface area contributed by atoms with E-state index >= 15 is 0 Å². The first-order valence-electron chi connectivity index (χ1n) is 8.31. The van der Waals surface area contributed by atoms with Gasteiger partial charge in [0.15, 0.2) is 5.83 Å². The van der Waals surface area contributed by atoms with E-state index < -0.39 is 52.4 Å². The molecule has 0 spiro atoms. The fraction of sp³-hybridized carbons (Fsp3) is 0.167. The number of alkyl halides is 6. The van der Waals surface area contributed by atoms with Gasteiger partial charge in [0.1, 0.15) is 17.3 Å². The molecule has 1 heterocycles. The molecule has 0 amide bonds. The number of aromatic hydroxyl groups is 2. The molecule has 0 saturated carbocycles. The standard InChI is InChI=1S/C18H13F7N4O2/c19-12-7-27-18(26,8-1-3-13(30)10(5-8)16(20,21)22)29-15(12)28-9-2-4-14(31)11(6-9)17(23,24)25/h1-7,28-31H,26H2. The van der Waals surface area contributed by atoms with Crippen molar-refractivity contribution >= 4 is 11.9 Å². The van der Waals surface area contributed by atoms with Crippen LogP contribution in [-0.4, -0.2) is 16.4 Å². The van der Waals surface area contributed by atoms with Gasteiger partial charge < -0.3 is 20.8 Å². The van der Waals surface area contributed by atoms with Crippen molar-refractivity contribution in [3.05, 3.63) is 64.7 Å². The second kappa shape index (κ2) is 7.34. The normalized spacial score (nSPS) is 19.4. The van der Waals surface area contributed by atoms with Crippen molar-refractivity contribution in [2.24, 2.45) is 10.7 Å². The molecule has 0 radical (unpaired) electrons. The fourth-order valence-electron chi connectivity index (χ4n) is 2.73. The van der Waals surface area contributed by atoms with Crippen molar-refractivity contribution < 1.29 is 40.9 Å². The average molecular weight is 450 g/mol. The quantitative estimate of drug-likeness (QED) is 0.358. The van der Waals surface area contributed by atoms with Gasteiger partial charge in [-0.2, -0.15) is 26.3 Å². The number of nitrogens with two attached hydrogens (primary N) is 1. The highest BCUT2D eigenvalue weighted by atomic mass is 19.4. The maximum absolute atomic E-state index is 14.2. The van der Waals surface area contributed by atoms with Gasteiger partial charge in [0, 0.05) is 11.3 Å². The number of phenolic OH excluding ortho intramolecular Hbond substituents is 2. The predicted octanol–water partition coefficient (Wildman–Crippen LogP) is 4.13. The lowest BCUT2D eigenvalue weighted by Gasteiger charge is -2.32. The van der Waals surface area contributed by atoms with Crippen LogP contribution in [0.4, 0.5) is 36.4 Å². The van der Waals surface area contributed by atoms with Crippen LogP contribution >= 0.6 is 0 Å². The van der Waals surface area contributed by atoms with Crippen molar-refractivity contribution in [1.82, 2.24) is 5.32 Å². The summed E-state index contributed by atoms with van der Waals surface area (Å²) < 4.78 is 92.2. The van der Waals surface area contributed by atoms with Crippen LogP contribution in [0.5, 0.6) is 11.5 Å². The van der Waals surface area contributed by atoms with Gasteiger partial charge in [-0.3, -0.25) is 5.73 Å². The Hall–Kier alpha value is -3.48. The molecule has 3 rings (SSSR count). The molecule has 2 aromatic carbocycles. The second-order valence-electron chi connectivity index (χ2n) is 6.46. The Balaban J connectivity index is 1.94. The number of hydrogen-bond acceptors (Lipinski definition) is 6. The van der Waals surface area contributed by atoms with Crippen molar-refractivity contribution in [3.8, 4) is 11.5 Å². The Morgan fingerprint density at radius 3 is 2.03 bits per heavy atom.